The van der Waals surface area contributed by atoms with E-state index < -0.39 is 10.0 Å². The number of aromatic nitrogens is 2. The highest BCUT2D eigenvalue weighted by Gasteiger charge is 2.13. The number of primary sulfonamides is 1. The fraction of sp³-hybridized carbons (Fsp3) is 0.467. The van der Waals surface area contributed by atoms with Gasteiger partial charge in [0.1, 0.15) is 5.01 Å². The van der Waals surface area contributed by atoms with E-state index in [1.165, 1.54) is 42.7 Å². The second kappa shape index (κ2) is 6.54. The zero-order chi connectivity index (χ0) is 16.4. The number of nitrogens with zero attached hydrogens (tertiary/aromatic N) is 3. The molecule has 1 aromatic heterocycles. The Hall–Kier alpha value is -1.51. The molecule has 0 bridgehead atoms. The molecular formula is C15H20N4O2S2. The quantitative estimate of drug-likeness (QED) is 0.916. The van der Waals surface area contributed by atoms with Crippen molar-refractivity contribution in [2.45, 2.75) is 43.0 Å². The number of aryl methyl sites for hydroxylation is 1. The summed E-state index contributed by atoms with van der Waals surface area (Å²) in [5.74, 6) is 0. The van der Waals surface area contributed by atoms with Gasteiger partial charge in [0.2, 0.25) is 14.8 Å². The largest absolute Gasteiger partial charge is 0.254 e. The molecule has 8 heteroatoms. The Kier molecular flexibility index (Phi) is 4.65. The number of hydrogen-bond acceptors (Lipinski definition) is 5. The second-order valence-electron chi connectivity index (χ2n) is 5.80. The summed E-state index contributed by atoms with van der Waals surface area (Å²) in [5, 5.41) is 10.4. The van der Waals surface area contributed by atoms with Gasteiger partial charge in [0, 0.05) is 12.6 Å². The Labute approximate surface area is 139 Å². The highest BCUT2D eigenvalue weighted by Crippen LogP contribution is 2.22. The summed E-state index contributed by atoms with van der Waals surface area (Å²) < 4.78 is 24.4. The van der Waals surface area contributed by atoms with Crippen LogP contribution in [0.3, 0.4) is 0 Å². The molecule has 1 aliphatic carbocycles. The summed E-state index contributed by atoms with van der Waals surface area (Å²) >= 11 is 1.52. The van der Waals surface area contributed by atoms with Gasteiger partial charge in [-0.25, -0.2) is 18.2 Å². The lowest BCUT2D eigenvalue weighted by Gasteiger charge is -2.16. The van der Waals surface area contributed by atoms with E-state index in [0.29, 0.717) is 6.04 Å². The molecule has 0 spiro atoms. The summed E-state index contributed by atoms with van der Waals surface area (Å²) in [4.78, 5) is 5.83. The van der Waals surface area contributed by atoms with Crippen LogP contribution in [0.2, 0.25) is 0 Å². The van der Waals surface area contributed by atoms with Crippen LogP contribution >= 0.6 is 11.3 Å². The summed E-state index contributed by atoms with van der Waals surface area (Å²) in [6, 6.07) is 6.85. The minimum atomic E-state index is -3.66. The van der Waals surface area contributed by atoms with Crippen LogP contribution in [0.25, 0.3) is 10.6 Å². The minimum absolute atomic E-state index is 0.106. The maximum Gasteiger partial charge on any atom is 0.238 e. The highest BCUT2D eigenvalue weighted by atomic mass is 32.2. The van der Waals surface area contributed by atoms with Crippen molar-refractivity contribution in [3.63, 3.8) is 0 Å². The number of benzene rings is 1. The molecule has 1 fully saturated rings. The zero-order valence-electron chi connectivity index (χ0n) is 13.0. The molecule has 2 N–H and O–H groups in total. The molecular weight excluding hydrogens is 332 g/mol. The van der Waals surface area contributed by atoms with Crippen LogP contribution in [-0.4, -0.2) is 24.2 Å². The van der Waals surface area contributed by atoms with E-state index in [9.17, 15) is 8.42 Å². The van der Waals surface area contributed by atoms with Gasteiger partial charge >= 0.3 is 0 Å². The van der Waals surface area contributed by atoms with Gasteiger partial charge in [-0.1, -0.05) is 42.7 Å². The van der Waals surface area contributed by atoms with Gasteiger partial charge in [0.25, 0.3) is 0 Å². The summed E-state index contributed by atoms with van der Waals surface area (Å²) in [5.41, 5.74) is 0.864. The third kappa shape index (κ3) is 3.88. The van der Waals surface area contributed by atoms with Gasteiger partial charge in [0.15, 0.2) is 0 Å². The molecule has 0 amide bonds. The molecule has 6 nitrogen and oxygen atoms in total. The molecule has 1 aliphatic rings. The maximum absolute atomic E-state index is 11.3. The number of nitrogens with two attached hydrogens (primary N) is 1. The zero-order valence-corrected chi connectivity index (χ0v) is 14.6. The fourth-order valence-electron chi connectivity index (χ4n) is 2.73. The first kappa shape index (κ1) is 16.4. The average Bonchev–Trinajstić information content (AvgIpc) is 2.89. The molecule has 23 heavy (non-hydrogen) atoms. The predicted octanol–water partition coefficient (Wildman–Crippen LogP) is 2.03. The van der Waals surface area contributed by atoms with Crippen LogP contribution in [0.5, 0.6) is 0 Å². The number of sulfonamides is 1. The normalized spacial score (nSPS) is 17.6. The molecule has 1 aromatic carbocycles. The Balaban J connectivity index is 1.89. The average molecular weight is 352 g/mol. The number of rotatable bonds is 3. The molecule has 2 aromatic rings. The van der Waals surface area contributed by atoms with E-state index in [4.69, 9.17) is 10.1 Å². The van der Waals surface area contributed by atoms with Crippen LogP contribution in [-0.2, 0) is 17.1 Å². The van der Waals surface area contributed by atoms with Gasteiger partial charge < -0.3 is 0 Å². The molecule has 0 aliphatic heterocycles. The topological polar surface area (TPSA) is 90.3 Å². The van der Waals surface area contributed by atoms with Crippen LogP contribution in [0.1, 0.15) is 32.1 Å². The Morgan fingerprint density at radius 3 is 2.48 bits per heavy atom. The van der Waals surface area contributed by atoms with Crippen molar-refractivity contribution in [1.82, 2.24) is 9.78 Å². The van der Waals surface area contributed by atoms with E-state index in [0.717, 1.165) is 28.2 Å². The summed E-state index contributed by atoms with van der Waals surface area (Å²) in [6.07, 6.45) is 6.10. The minimum Gasteiger partial charge on any atom is -0.254 e. The van der Waals surface area contributed by atoms with Gasteiger partial charge in [-0.05, 0) is 25.0 Å². The lowest BCUT2D eigenvalue weighted by Crippen LogP contribution is -2.18. The maximum atomic E-state index is 11.3. The number of hydrogen-bond donors (Lipinski definition) is 1. The van der Waals surface area contributed by atoms with Gasteiger partial charge in [-0.2, -0.15) is 5.10 Å². The van der Waals surface area contributed by atoms with Crippen molar-refractivity contribution in [1.29, 1.82) is 0 Å². The van der Waals surface area contributed by atoms with E-state index in [2.05, 4.69) is 5.10 Å². The molecule has 0 atom stereocenters. The third-order valence-electron chi connectivity index (χ3n) is 4.00. The van der Waals surface area contributed by atoms with Gasteiger partial charge in [-0.15, -0.1) is 0 Å². The first-order chi connectivity index (χ1) is 10.9. The smallest absolute Gasteiger partial charge is 0.238 e. The van der Waals surface area contributed by atoms with Gasteiger partial charge in [0.05, 0.1) is 10.9 Å². The Bertz CT molecular complexity index is 844. The monoisotopic (exact) mass is 352 g/mol. The third-order valence-corrected chi connectivity index (χ3v) is 6.00. The molecule has 124 valence electrons. The SMILES string of the molecule is Cn1nc(-c2ccc(S(N)(=O)=O)cc2)s/c1=N/C1CCCCC1. The van der Waals surface area contributed by atoms with Crippen LogP contribution < -0.4 is 9.94 Å². The van der Waals surface area contributed by atoms with E-state index in [-0.39, 0.29) is 4.90 Å². The Morgan fingerprint density at radius 2 is 1.87 bits per heavy atom. The predicted molar refractivity (Wildman–Crippen MR) is 90.3 cm³/mol. The fourth-order valence-corrected chi connectivity index (χ4v) is 4.21. The van der Waals surface area contributed by atoms with Crippen molar-refractivity contribution >= 4 is 21.4 Å². The Morgan fingerprint density at radius 1 is 1.22 bits per heavy atom. The van der Waals surface area contributed by atoms with Crippen LogP contribution in [0.4, 0.5) is 0 Å². The van der Waals surface area contributed by atoms with Gasteiger partial charge in [-0.3, -0.25) is 4.99 Å². The van der Waals surface area contributed by atoms with E-state index in [1.54, 1.807) is 16.8 Å². The standard InChI is InChI=1S/C15H20N4O2S2/c1-19-15(17-12-5-3-2-4-6-12)22-14(18-19)11-7-9-13(10-8-11)23(16,20)21/h7-10,12H,2-6H2,1H3,(H2,16,20,21)/b17-15+. The molecule has 0 unspecified atom stereocenters. The highest BCUT2D eigenvalue weighted by molar-refractivity contribution is 7.89. The van der Waals surface area contributed by atoms with E-state index in [1.807, 2.05) is 7.05 Å². The molecule has 1 heterocycles. The van der Waals surface area contributed by atoms with Crippen molar-refractivity contribution in [3.8, 4) is 10.6 Å². The molecule has 0 saturated heterocycles. The first-order valence-electron chi connectivity index (χ1n) is 7.65. The van der Waals surface area contributed by atoms with Crippen molar-refractivity contribution in [2.75, 3.05) is 0 Å². The summed E-state index contributed by atoms with van der Waals surface area (Å²) in [7, 11) is -1.78. The van der Waals surface area contributed by atoms with Crippen molar-refractivity contribution in [2.24, 2.45) is 17.2 Å². The summed E-state index contributed by atoms with van der Waals surface area (Å²) in [6.45, 7) is 0. The first-order valence-corrected chi connectivity index (χ1v) is 10.0. The van der Waals surface area contributed by atoms with Crippen molar-refractivity contribution < 1.29 is 8.42 Å². The van der Waals surface area contributed by atoms with E-state index >= 15 is 0 Å². The lowest BCUT2D eigenvalue weighted by molar-refractivity contribution is 0.434. The van der Waals surface area contributed by atoms with Crippen LogP contribution in [0.15, 0.2) is 34.2 Å². The molecule has 1 saturated carbocycles. The second-order valence-corrected chi connectivity index (χ2v) is 8.32. The lowest BCUT2D eigenvalue weighted by atomic mass is 9.96. The van der Waals surface area contributed by atoms with Crippen molar-refractivity contribution in [3.05, 3.63) is 29.1 Å². The molecule has 3 rings (SSSR count). The van der Waals surface area contributed by atoms with Crippen LogP contribution in [0, 0.1) is 0 Å². The molecule has 0 radical (unpaired) electrons.